The normalized spacial score (nSPS) is 9.72. The number of aromatic nitrogens is 1. The van der Waals surface area contributed by atoms with E-state index < -0.39 is 0 Å². The molecule has 0 radical (unpaired) electrons. The van der Waals surface area contributed by atoms with Crippen LogP contribution in [0.1, 0.15) is 21.6 Å². The second kappa shape index (κ2) is 5.99. The molecule has 1 heterocycles. The van der Waals surface area contributed by atoms with Crippen LogP contribution in [0, 0.1) is 11.3 Å². The third-order valence-corrected chi connectivity index (χ3v) is 3.40. The number of nitrogens with zero attached hydrogens (tertiary/aromatic N) is 2. The van der Waals surface area contributed by atoms with E-state index in [1.54, 1.807) is 12.1 Å². The topological polar surface area (TPSA) is 53.8 Å². The standard InChI is InChI=1S/C14H10N2OS/c15-8-12-6-7-13(9-17)16-14(12)18-10-11-4-2-1-3-5-11/h1-7,9H,10H2. The number of aldehydes is 1. The summed E-state index contributed by atoms with van der Waals surface area (Å²) >= 11 is 1.46. The molecule has 0 aliphatic rings. The Morgan fingerprint density at radius 2 is 2.00 bits per heavy atom. The zero-order valence-corrected chi connectivity index (χ0v) is 10.4. The number of rotatable bonds is 4. The Morgan fingerprint density at radius 1 is 1.22 bits per heavy atom. The summed E-state index contributed by atoms with van der Waals surface area (Å²) in [7, 11) is 0. The molecule has 18 heavy (non-hydrogen) atoms. The lowest BCUT2D eigenvalue weighted by Gasteiger charge is -2.03. The summed E-state index contributed by atoms with van der Waals surface area (Å²) < 4.78 is 0. The molecular weight excluding hydrogens is 244 g/mol. The van der Waals surface area contributed by atoms with Crippen molar-refractivity contribution in [2.75, 3.05) is 0 Å². The zero-order chi connectivity index (χ0) is 12.8. The van der Waals surface area contributed by atoms with Gasteiger partial charge in [0.2, 0.25) is 0 Å². The van der Waals surface area contributed by atoms with Crippen molar-refractivity contribution in [1.29, 1.82) is 5.26 Å². The first kappa shape index (κ1) is 12.3. The molecular formula is C14H10N2OS. The van der Waals surface area contributed by atoms with Gasteiger partial charge in [0, 0.05) is 5.75 Å². The summed E-state index contributed by atoms with van der Waals surface area (Å²) in [6.45, 7) is 0. The van der Waals surface area contributed by atoms with Crippen LogP contribution in [0.4, 0.5) is 0 Å². The zero-order valence-electron chi connectivity index (χ0n) is 9.54. The lowest BCUT2D eigenvalue weighted by atomic mass is 10.2. The smallest absolute Gasteiger partial charge is 0.168 e. The Bertz CT molecular complexity index is 590. The minimum atomic E-state index is 0.351. The molecule has 0 bridgehead atoms. The van der Waals surface area contributed by atoms with Crippen molar-refractivity contribution in [1.82, 2.24) is 4.98 Å². The van der Waals surface area contributed by atoms with Crippen molar-refractivity contribution in [2.45, 2.75) is 10.8 Å². The first-order chi connectivity index (χ1) is 8.83. The van der Waals surface area contributed by atoms with E-state index in [1.165, 1.54) is 11.8 Å². The van der Waals surface area contributed by atoms with Gasteiger partial charge in [-0.05, 0) is 17.7 Å². The summed E-state index contributed by atoms with van der Waals surface area (Å²) in [6.07, 6.45) is 0.688. The molecule has 88 valence electrons. The van der Waals surface area contributed by atoms with Crippen LogP contribution in [0.3, 0.4) is 0 Å². The number of carbonyl (C=O) groups is 1. The molecule has 3 nitrogen and oxygen atoms in total. The van der Waals surface area contributed by atoms with Gasteiger partial charge in [-0.1, -0.05) is 30.3 Å². The first-order valence-electron chi connectivity index (χ1n) is 5.36. The highest BCUT2D eigenvalue weighted by Gasteiger charge is 2.06. The quantitative estimate of drug-likeness (QED) is 0.621. The third-order valence-electron chi connectivity index (χ3n) is 2.34. The summed E-state index contributed by atoms with van der Waals surface area (Å²) in [6, 6.07) is 15.2. The first-order valence-corrected chi connectivity index (χ1v) is 6.35. The molecule has 0 amide bonds. The van der Waals surface area contributed by atoms with Gasteiger partial charge in [-0.25, -0.2) is 4.98 Å². The number of carbonyl (C=O) groups excluding carboxylic acids is 1. The van der Waals surface area contributed by atoms with Gasteiger partial charge in [0.25, 0.3) is 0 Å². The molecule has 0 aliphatic heterocycles. The lowest BCUT2D eigenvalue weighted by Crippen LogP contribution is -1.93. The van der Waals surface area contributed by atoms with E-state index in [0.29, 0.717) is 22.6 Å². The third kappa shape index (κ3) is 2.96. The second-order valence-corrected chi connectivity index (χ2v) is 4.56. The van der Waals surface area contributed by atoms with Crippen LogP contribution in [0.25, 0.3) is 0 Å². The van der Waals surface area contributed by atoms with Crippen molar-refractivity contribution < 1.29 is 4.79 Å². The molecule has 2 aromatic rings. The summed E-state index contributed by atoms with van der Waals surface area (Å²) in [5.74, 6) is 0.727. The highest BCUT2D eigenvalue weighted by molar-refractivity contribution is 7.98. The van der Waals surface area contributed by atoms with Crippen LogP contribution in [-0.4, -0.2) is 11.3 Å². The molecule has 0 atom stereocenters. The largest absolute Gasteiger partial charge is 0.296 e. The maximum Gasteiger partial charge on any atom is 0.168 e. The maximum absolute atomic E-state index is 10.7. The van der Waals surface area contributed by atoms with E-state index in [9.17, 15) is 4.79 Å². The average molecular weight is 254 g/mol. The van der Waals surface area contributed by atoms with Crippen molar-refractivity contribution in [3.63, 3.8) is 0 Å². The Balaban J connectivity index is 2.18. The van der Waals surface area contributed by atoms with Crippen molar-refractivity contribution in [2.24, 2.45) is 0 Å². The second-order valence-electron chi connectivity index (χ2n) is 3.59. The molecule has 0 saturated carbocycles. The number of hydrogen-bond acceptors (Lipinski definition) is 4. The van der Waals surface area contributed by atoms with Crippen molar-refractivity contribution >= 4 is 18.0 Å². The lowest BCUT2D eigenvalue weighted by molar-refractivity contribution is 0.111. The van der Waals surface area contributed by atoms with Crippen LogP contribution in [0.15, 0.2) is 47.5 Å². The van der Waals surface area contributed by atoms with Crippen LogP contribution in [0.2, 0.25) is 0 Å². The van der Waals surface area contributed by atoms with Gasteiger partial charge in [0.1, 0.15) is 16.8 Å². The van der Waals surface area contributed by atoms with Gasteiger partial charge in [-0.2, -0.15) is 5.26 Å². The van der Waals surface area contributed by atoms with E-state index in [4.69, 9.17) is 5.26 Å². The Hall–Kier alpha value is -2.12. The SMILES string of the molecule is N#Cc1ccc(C=O)nc1SCc1ccccc1. The molecule has 1 aromatic heterocycles. The number of benzene rings is 1. The Morgan fingerprint density at radius 3 is 2.67 bits per heavy atom. The van der Waals surface area contributed by atoms with Crippen molar-refractivity contribution in [3.05, 3.63) is 59.3 Å². The highest BCUT2D eigenvalue weighted by atomic mass is 32.2. The van der Waals surface area contributed by atoms with Gasteiger partial charge in [0.15, 0.2) is 6.29 Å². The summed E-state index contributed by atoms with van der Waals surface area (Å²) in [5, 5.41) is 9.59. The number of hydrogen-bond donors (Lipinski definition) is 0. The molecule has 0 unspecified atom stereocenters. The average Bonchev–Trinajstić information content (AvgIpc) is 2.45. The van der Waals surface area contributed by atoms with Gasteiger partial charge >= 0.3 is 0 Å². The fraction of sp³-hybridized carbons (Fsp3) is 0.0714. The number of nitriles is 1. The van der Waals surface area contributed by atoms with Gasteiger partial charge in [0.05, 0.1) is 5.56 Å². The minimum absolute atomic E-state index is 0.351. The van der Waals surface area contributed by atoms with Gasteiger partial charge in [-0.3, -0.25) is 4.79 Å². The maximum atomic E-state index is 10.7. The van der Waals surface area contributed by atoms with E-state index in [0.717, 1.165) is 11.3 Å². The minimum Gasteiger partial charge on any atom is -0.296 e. The van der Waals surface area contributed by atoms with Crippen LogP contribution in [-0.2, 0) is 5.75 Å². The molecule has 4 heteroatoms. The Kier molecular flexibility index (Phi) is 4.11. The van der Waals surface area contributed by atoms with Crippen LogP contribution >= 0.6 is 11.8 Å². The summed E-state index contributed by atoms with van der Waals surface area (Å²) in [4.78, 5) is 14.8. The van der Waals surface area contributed by atoms with E-state index in [2.05, 4.69) is 11.1 Å². The fourth-order valence-electron chi connectivity index (χ4n) is 1.44. The van der Waals surface area contributed by atoms with Gasteiger partial charge < -0.3 is 0 Å². The Labute approximate surface area is 109 Å². The summed E-state index contributed by atoms with van der Waals surface area (Å²) in [5.41, 5.74) is 2.01. The molecule has 0 aliphatic carbocycles. The van der Waals surface area contributed by atoms with Crippen LogP contribution in [0.5, 0.6) is 0 Å². The molecule has 0 saturated heterocycles. The number of pyridine rings is 1. The van der Waals surface area contributed by atoms with Crippen LogP contribution < -0.4 is 0 Å². The van der Waals surface area contributed by atoms with Gasteiger partial charge in [-0.15, -0.1) is 11.8 Å². The monoisotopic (exact) mass is 254 g/mol. The highest BCUT2D eigenvalue weighted by Crippen LogP contribution is 2.24. The molecule has 2 rings (SSSR count). The van der Waals surface area contributed by atoms with E-state index >= 15 is 0 Å². The number of thioether (sulfide) groups is 1. The van der Waals surface area contributed by atoms with Crippen molar-refractivity contribution in [3.8, 4) is 6.07 Å². The molecule has 0 N–H and O–H groups in total. The predicted molar refractivity (Wildman–Crippen MR) is 70.3 cm³/mol. The van der Waals surface area contributed by atoms with E-state index in [1.807, 2.05) is 30.3 Å². The molecule has 0 spiro atoms. The molecule has 1 aromatic carbocycles. The molecule has 0 fully saturated rings. The fourth-order valence-corrected chi connectivity index (χ4v) is 2.38. The van der Waals surface area contributed by atoms with E-state index in [-0.39, 0.29) is 0 Å². The predicted octanol–water partition coefficient (Wildman–Crippen LogP) is 3.06.